The van der Waals surface area contributed by atoms with Crippen molar-refractivity contribution in [2.24, 2.45) is 0 Å². The van der Waals surface area contributed by atoms with Gasteiger partial charge in [-0.1, -0.05) is 32.6 Å². The minimum absolute atomic E-state index is 0.0928. The zero-order chi connectivity index (χ0) is 11.2. The molecular weight excluding hydrogens is 204 g/mol. The van der Waals surface area contributed by atoms with Crippen LogP contribution in [0.5, 0.6) is 0 Å². The summed E-state index contributed by atoms with van der Waals surface area (Å²) in [6, 6.07) is 0. The monoisotopic (exact) mass is 224 g/mol. The summed E-state index contributed by atoms with van der Waals surface area (Å²) < 4.78 is 30.0. The summed E-state index contributed by atoms with van der Waals surface area (Å²) in [5, 5.41) is 9.37. The van der Waals surface area contributed by atoms with Crippen LogP contribution in [0.4, 0.5) is 0 Å². The minimum atomic E-state index is -4.34. The molecule has 0 heterocycles. The van der Waals surface area contributed by atoms with Gasteiger partial charge in [0.05, 0.1) is 0 Å². The molecule has 0 aromatic heterocycles. The molecule has 0 radical (unpaired) electrons. The maximum atomic E-state index is 10.7. The van der Waals surface area contributed by atoms with Crippen molar-refractivity contribution in [2.45, 2.75) is 57.3 Å². The van der Waals surface area contributed by atoms with Crippen molar-refractivity contribution < 1.29 is 18.1 Å². The molecular formula is C9H20O4S. The minimum Gasteiger partial charge on any atom is -0.373 e. The first-order valence-corrected chi connectivity index (χ1v) is 6.44. The number of unbranched alkanes of at least 4 members (excludes halogenated alkanes) is 4. The summed E-state index contributed by atoms with van der Waals surface area (Å²) in [5.74, 6) is 0. The molecule has 1 atom stereocenters. The highest BCUT2D eigenvalue weighted by atomic mass is 32.2. The number of aliphatic hydroxyl groups is 1. The van der Waals surface area contributed by atoms with E-state index in [0.29, 0.717) is 6.42 Å². The Bertz CT molecular complexity index is 244. The molecule has 0 aliphatic carbocycles. The van der Waals surface area contributed by atoms with Gasteiger partial charge in [-0.25, -0.2) is 0 Å². The molecule has 0 spiro atoms. The Kier molecular flexibility index (Phi) is 5.63. The summed E-state index contributed by atoms with van der Waals surface area (Å²) in [7, 11) is -4.34. The molecule has 14 heavy (non-hydrogen) atoms. The lowest BCUT2D eigenvalue weighted by Gasteiger charge is -2.18. The van der Waals surface area contributed by atoms with Crippen LogP contribution < -0.4 is 0 Å². The van der Waals surface area contributed by atoms with Gasteiger partial charge in [0, 0.05) is 0 Å². The first kappa shape index (κ1) is 13.9. The number of hydrogen-bond acceptors (Lipinski definition) is 3. The van der Waals surface area contributed by atoms with Gasteiger partial charge in [0.2, 0.25) is 0 Å². The van der Waals surface area contributed by atoms with Gasteiger partial charge in [-0.05, 0) is 19.8 Å². The smallest absolute Gasteiger partial charge is 0.294 e. The van der Waals surface area contributed by atoms with Gasteiger partial charge in [-0.2, -0.15) is 8.42 Å². The molecule has 0 fully saturated rings. The van der Waals surface area contributed by atoms with Gasteiger partial charge in [-0.3, -0.25) is 4.55 Å². The van der Waals surface area contributed by atoms with Crippen LogP contribution in [0.25, 0.3) is 0 Å². The van der Waals surface area contributed by atoms with Crippen molar-refractivity contribution in [3.63, 3.8) is 0 Å². The predicted molar refractivity (Wildman–Crippen MR) is 55.5 cm³/mol. The van der Waals surface area contributed by atoms with Crippen molar-refractivity contribution in [2.75, 3.05) is 0 Å². The highest BCUT2D eigenvalue weighted by molar-refractivity contribution is 7.87. The molecule has 0 aliphatic rings. The fourth-order valence-corrected chi connectivity index (χ4v) is 1.59. The van der Waals surface area contributed by atoms with E-state index in [1.165, 1.54) is 0 Å². The molecule has 1 unspecified atom stereocenters. The third-order valence-electron chi connectivity index (χ3n) is 2.30. The molecule has 0 rings (SSSR count). The lowest BCUT2D eigenvalue weighted by molar-refractivity contribution is 0.119. The van der Waals surface area contributed by atoms with Crippen molar-refractivity contribution in [3.8, 4) is 0 Å². The molecule has 2 N–H and O–H groups in total. The van der Waals surface area contributed by atoms with Crippen molar-refractivity contribution in [1.29, 1.82) is 0 Å². The first-order chi connectivity index (χ1) is 6.31. The SMILES string of the molecule is CCCCCCCC(C)(O)S(=O)(=O)O. The number of hydrogen-bond donors (Lipinski definition) is 2. The molecule has 0 saturated carbocycles. The van der Waals surface area contributed by atoms with Crippen LogP contribution in [-0.4, -0.2) is 23.0 Å². The van der Waals surface area contributed by atoms with Gasteiger partial charge in [0.25, 0.3) is 10.1 Å². The van der Waals surface area contributed by atoms with E-state index < -0.39 is 15.1 Å². The van der Waals surface area contributed by atoms with E-state index in [2.05, 4.69) is 6.92 Å². The molecule has 5 heteroatoms. The van der Waals surface area contributed by atoms with Gasteiger partial charge < -0.3 is 5.11 Å². The molecule has 0 aliphatic heterocycles. The number of rotatable bonds is 7. The van der Waals surface area contributed by atoms with Gasteiger partial charge in [-0.15, -0.1) is 0 Å². The van der Waals surface area contributed by atoms with Crippen molar-refractivity contribution in [3.05, 3.63) is 0 Å². The fraction of sp³-hybridized carbons (Fsp3) is 1.00. The standard InChI is InChI=1S/C9H20O4S/c1-3-4-5-6-7-8-9(2,10)14(11,12)13/h10H,3-8H2,1-2H3,(H,11,12,13). The Morgan fingerprint density at radius 3 is 2.07 bits per heavy atom. The summed E-state index contributed by atoms with van der Waals surface area (Å²) in [5.41, 5.74) is 0. The quantitative estimate of drug-likeness (QED) is 0.512. The second-order valence-electron chi connectivity index (χ2n) is 3.81. The molecule has 4 nitrogen and oxygen atoms in total. The maximum Gasteiger partial charge on any atom is 0.294 e. The van der Waals surface area contributed by atoms with Gasteiger partial charge in [0.15, 0.2) is 4.93 Å². The highest BCUT2D eigenvalue weighted by Crippen LogP contribution is 2.20. The molecule has 0 aromatic carbocycles. The third kappa shape index (κ3) is 4.93. The summed E-state index contributed by atoms with van der Waals surface area (Å²) in [6.45, 7) is 3.22. The molecule has 0 aromatic rings. The second kappa shape index (κ2) is 5.68. The van der Waals surface area contributed by atoms with Crippen LogP contribution >= 0.6 is 0 Å². The average molecular weight is 224 g/mol. The van der Waals surface area contributed by atoms with Gasteiger partial charge >= 0.3 is 0 Å². The Balaban J connectivity index is 3.79. The normalized spacial score (nSPS) is 16.6. The maximum absolute atomic E-state index is 10.7. The van der Waals surface area contributed by atoms with E-state index in [0.717, 1.165) is 32.6 Å². The van der Waals surface area contributed by atoms with Crippen LogP contribution in [0, 0.1) is 0 Å². The summed E-state index contributed by atoms with van der Waals surface area (Å²) >= 11 is 0. The summed E-state index contributed by atoms with van der Waals surface area (Å²) in [4.78, 5) is -1.99. The zero-order valence-electron chi connectivity index (χ0n) is 8.86. The van der Waals surface area contributed by atoms with Gasteiger partial charge in [0.1, 0.15) is 0 Å². The molecule has 0 bridgehead atoms. The Labute approximate surface area is 86.1 Å². The van der Waals surface area contributed by atoms with E-state index >= 15 is 0 Å². The predicted octanol–water partition coefficient (Wildman–Crippen LogP) is 1.94. The average Bonchev–Trinajstić information content (AvgIpc) is 2.02. The van der Waals surface area contributed by atoms with E-state index in [1.807, 2.05) is 0 Å². The lowest BCUT2D eigenvalue weighted by atomic mass is 10.1. The van der Waals surface area contributed by atoms with Crippen molar-refractivity contribution in [1.82, 2.24) is 0 Å². The van der Waals surface area contributed by atoms with E-state index in [-0.39, 0.29) is 6.42 Å². The fourth-order valence-electron chi connectivity index (χ4n) is 1.19. The third-order valence-corrected chi connectivity index (χ3v) is 3.62. The van der Waals surface area contributed by atoms with E-state index in [4.69, 9.17) is 4.55 Å². The molecule has 0 saturated heterocycles. The first-order valence-electron chi connectivity index (χ1n) is 5.00. The van der Waals surface area contributed by atoms with Crippen molar-refractivity contribution >= 4 is 10.1 Å². The van der Waals surface area contributed by atoms with Crippen LogP contribution in [0.3, 0.4) is 0 Å². The van der Waals surface area contributed by atoms with E-state index in [1.54, 1.807) is 0 Å². The van der Waals surface area contributed by atoms with Crippen LogP contribution in [0.15, 0.2) is 0 Å². The Morgan fingerprint density at radius 1 is 1.14 bits per heavy atom. The lowest BCUT2D eigenvalue weighted by Crippen LogP contribution is -2.34. The Morgan fingerprint density at radius 2 is 1.64 bits per heavy atom. The zero-order valence-corrected chi connectivity index (χ0v) is 9.68. The summed E-state index contributed by atoms with van der Waals surface area (Å²) in [6.07, 6.45) is 4.88. The molecule has 86 valence electrons. The topological polar surface area (TPSA) is 74.6 Å². The van der Waals surface area contributed by atoms with Crippen LogP contribution in [-0.2, 0) is 10.1 Å². The highest BCUT2D eigenvalue weighted by Gasteiger charge is 2.34. The van der Waals surface area contributed by atoms with Crippen LogP contribution in [0.1, 0.15) is 52.4 Å². The largest absolute Gasteiger partial charge is 0.373 e. The second-order valence-corrected chi connectivity index (χ2v) is 5.64. The van der Waals surface area contributed by atoms with Crippen LogP contribution in [0.2, 0.25) is 0 Å². The van der Waals surface area contributed by atoms with E-state index in [9.17, 15) is 13.5 Å². The molecule has 0 amide bonds. The Hall–Kier alpha value is -0.130.